The second-order valence-electron chi connectivity index (χ2n) is 5.48. The zero-order valence-electron chi connectivity index (χ0n) is 13.7. The summed E-state index contributed by atoms with van der Waals surface area (Å²) in [5, 5.41) is 4.82. The number of hydrogen-bond acceptors (Lipinski definition) is 4. The molecule has 25 heavy (non-hydrogen) atoms. The topological polar surface area (TPSA) is 37.8 Å². The highest BCUT2D eigenvalue weighted by Gasteiger charge is 2.05. The molecule has 1 heterocycles. The molecule has 128 valence electrons. The summed E-state index contributed by atoms with van der Waals surface area (Å²) in [6.45, 7) is 2.52. The number of thioether (sulfide) groups is 1. The molecular formula is C19H17Cl2N3S. The van der Waals surface area contributed by atoms with Gasteiger partial charge in [-0.1, -0.05) is 41.4 Å². The van der Waals surface area contributed by atoms with Crippen LogP contribution in [0.1, 0.15) is 17.1 Å². The molecule has 0 fully saturated rings. The number of anilines is 1. The molecule has 0 spiro atoms. The molecular weight excluding hydrogens is 373 g/mol. The first kappa shape index (κ1) is 18.1. The highest BCUT2D eigenvalue weighted by atomic mass is 35.5. The lowest BCUT2D eigenvalue weighted by Crippen LogP contribution is -2.05. The van der Waals surface area contributed by atoms with Crippen LogP contribution in [0.25, 0.3) is 0 Å². The standard InChI is InChI=1S/C19H17Cl2N3S/c1-13-23-16(12-25-17-8-6-15(20)7-9-17)10-19(24-13)22-11-14-4-2-3-5-18(14)21/h2-10H,11-12H2,1H3,(H,22,23,24). The Morgan fingerprint density at radius 2 is 1.76 bits per heavy atom. The Balaban J connectivity index is 1.65. The Morgan fingerprint density at radius 1 is 1.00 bits per heavy atom. The van der Waals surface area contributed by atoms with Crippen molar-refractivity contribution in [1.29, 1.82) is 0 Å². The Hall–Kier alpha value is -1.75. The maximum Gasteiger partial charge on any atom is 0.130 e. The molecule has 3 aromatic rings. The van der Waals surface area contributed by atoms with Gasteiger partial charge in [0.15, 0.2) is 0 Å². The van der Waals surface area contributed by atoms with Gasteiger partial charge in [-0.25, -0.2) is 9.97 Å². The summed E-state index contributed by atoms with van der Waals surface area (Å²) in [6, 6.07) is 17.6. The van der Waals surface area contributed by atoms with Gasteiger partial charge < -0.3 is 5.32 Å². The van der Waals surface area contributed by atoms with Gasteiger partial charge in [-0.05, 0) is 42.8 Å². The summed E-state index contributed by atoms with van der Waals surface area (Å²) in [7, 11) is 0. The number of rotatable bonds is 6. The summed E-state index contributed by atoms with van der Waals surface area (Å²) in [5.41, 5.74) is 2.02. The Bertz CT molecular complexity index is 854. The Labute approximate surface area is 161 Å². The molecule has 0 unspecified atom stereocenters. The van der Waals surface area contributed by atoms with Gasteiger partial charge in [0.05, 0.1) is 5.69 Å². The zero-order chi connectivity index (χ0) is 17.6. The molecule has 1 N–H and O–H groups in total. The molecule has 0 radical (unpaired) electrons. The average molecular weight is 390 g/mol. The number of aromatic nitrogens is 2. The molecule has 0 aliphatic heterocycles. The second kappa shape index (κ2) is 8.56. The monoisotopic (exact) mass is 389 g/mol. The highest BCUT2D eigenvalue weighted by molar-refractivity contribution is 7.98. The van der Waals surface area contributed by atoms with E-state index in [0.29, 0.717) is 6.54 Å². The molecule has 0 saturated carbocycles. The van der Waals surface area contributed by atoms with Crippen molar-refractivity contribution in [3.8, 4) is 0 Å². The van der Waals surface area contributed by atoms with Crippen molar-refractivity contribution < 1.29 is 0 Å². The predicted molar refractivity (Wildman–Crippen MR) is 107 cm³/mol. The number of benzene rings is 2. The van der Waals surface area contributed by atoms with E-state index >= 15 is 0 Å². The molecule has 6 heteroatoms. The van der Waals surface area contributed by atoms with Crippen LogP contribution in [0.15, 0.2) is 59.5 Å². The third-order valence-electron chi connectivity index (χ3n) is 3.51. The van der Waals surface area contributed by atoms with Gasteiger partial charge in [-0.2, -0.15) is 0 Å². The second-order valence-corrected chi connectivity index (χ2v) is 7.37. The molecule has 3 nitrogen and oxygen atoms in total. The van der Waals surface area contributed by atoms with Gasteiger partial charge in [0, 0.05) is 33.3 Å². The lowest BCUT2D eigenvalue weighted by atomic mass is 10.2. The fourth-order valence-corrected chi connectivity index (χ4v) is 3.43. The van der Waals surface area contributed by atoms with Crippen LogP contribution in [0.4, 0.5) is 5.82 Å². The number of nitrogens with zero attached hydrogens (tertiary/aromatic N) is 2. The van der Waals surface area contributed by atoms with Gasteiger partial charge in [-0.15, -0.1) is 11.8 Å². The van der Waals surface area contributed by atoms with Gasteiger partial charge in [0.1, 0.15) is 11.6 Å². The van der Waals surface area contributed by atoms with Gasteiger partial charge >= 0.3 is 0 Å². The van der Waals surface area contributed by atoms with Crippen LogP contribution in [0.2, 0.25) is 10.0 Å². The third kappa shape index (κ3) is 5.36. The first-order chi connectivity index (χ1) is 12.1. The van der Waals surface area contributed by atoms with E-state index in [9.17, 15) is 0 Å². The fourth-order valence-electron chi connectivity index (χ4n) is 2.31. The normalized spacial score (nSPS) is 10.7. The van der Waals surface area contributed by atoms with Crippen molar-refractivity contribution in [2.75, 3.05) is 5.32 Å². The van der Waals surface area contributed by atoms with Crippen molar-refractivity contribution in [3.63, 3.8) is 0 Å². The van der Waals surface area contributed by atoms with Crippen LogP contribution in [0.5, 0.6) is 0 Å². The minimum absolute atomic E-state index is 0.625. The molecule has 0 amide bonds. The smallest absolute Gasteiger partial charge is 0.130 e. The van der Waals surface area contributed by atoms with Crippen LogP contribution in [-0.4, -0.2) is 9.97 Å². The highest BCUT2D eigenvalue weighted by Crippen LogP contribution is 2.24. The van der Waals surface area contributed by atoms with E-state index in [0.717, 1.165) is 43.6 Å². The molecule has 1 aromatic heterocycles. The van der Waals surface area contributed by atoms with Crippen molar-refractivity contribution in [1.82, 2.24) is 9.97 Å². The molecule has 0 atom stereocenters. The maximum absolute atomic E-state index is 6.20. The minimum Gasteiger partial charge on any atom is -0.366 e. The minimum atomic E-state index is 0.625. The number of halogens is 2. The van der Waals surface area contributed by atoms with Crippen LogP contribution in [0.3, 0.4) is 0 Å². The third-order valence-corrected chi connectivity index (χ3v) is 5.18. The van der Waals surface area contributed by atoms with Crippen LogP contribution < -0.4 is 5.32 Å². The van der Waals surface area contributed by atoms with Crippen molar-refractivity contribution in [2.45, 2.75) is 24.1 Å². The quantitative estimate of drug-likeness (QED) is 0.524. The molecule has 3 rings (SSSR count). The summed E-state index contributed by atoms with van der Waals surface area (Å²) in [4.78, 5) is 10.1. The van der Waals surface area contributed by atoms with Gasteiger partial charge in [0.2, 0.25) is 0 Å². The number of aryl methyl sites for hydroxylation is 1. The molecule has 0 aliphatic rings. The van der Waals surface area contributed by atoms with Crippen LogP contribution in [0, 0.1) is 6.92 Å². The average Bonchev–Trinajstić information content (AvgIpc) is 2.60. The zero-order valence-corrected chi connectivity index (χ0v) is 16.0. The van der Waals surface area contributed by atoms with E-state index in [1.165, 1.54) is 0 Å². The summed E-state index contributed by atoms with van der Waals surface area (Å²) < 4.78 is 0. The van der Waals surface area contributed by atoms with Gasteiger partial charge in [0.25, 0.3) is 0 Å². The Morgan fingerprint density at radius 3 is 2.52 bits per heavy atom. The lowest BCUT2D eigenvalue weighted by molar-refractivity contribution is 0.985. The first-order valence-electron chi connectivity index (χ1n) is 7.80. The van der Waals surface area contributed by atoms with Crippen LogP contribution in [-0.2, 0) is 12.3 Å². The predicted octanol–water partition coefficient (Wildman–Crippen LogP) is 6.00. The molecule has 0 saturated heterocycles. The van der Waals surface area contributed by atoms with E-state index in [1.807, 2.05) is 61.5 Å². The summed E-state index contributed by atoms with van der Waals surface area (Å²) in [5.74, 6) is 2.32. The summed E-state index contributed by atoms with van der Waals surface area (Å²) >= 11 is 13.8. The molecule has 0 bridgehead atoms. The SMILES string of the molecule is Cc1nc(CSc2ccc(Cl)cc2)cc(NCc2ccccc2Cl)n1. The van der Waals surface area contributed by atoms with Crippen LogP contribution >= 0.6 is 35.0 Å². The maximum atomic E-state index is 6.20. The fraction of sp³-hybridized carbons (Fsp3) is 0.158. The lowest BCUT2D eigenvalue weighted by Gasteiger charge is -2.10. The van der Waals surface area contributed by atoms with E-state index in [4.69, 9.17) is 23.2 Å². The van der Waals surface area contributed by atoms with E-state index in [2.05, 4.69) is 15.3 Å². The van der Waals surface area contributed by atoms with Crippen molar-refractivity contribution in [2.24, 2.45) is 0 Å². The first-order valence-corrected chi connectivity index (χ1v) is 9.54. The Kier molecular flexibility index (Phi) is 6.19. The number of nitrogens with one attached hydrogen (secondary N) is 1. The van der Waals surface area contributed by atoms with E-state index in [1.54, 1.807) is 11.8 Å². The van der Waals surface area contributed by atoms with Crippen molar-refractivity contribution in [3.05, 3.63) is 81.7 Å². The van der Waals surface area contributed by atoms with E-state index < -0.39 is 0 Å². The van der Waals surface area contributed by atoms with Gasteiger partial charge in [-0.3, -0.25) is 0 Å². The molecule has 2 aromatic carbocycles. The largest absolute Gasteiger partial charge is 0.366 e. The van der Waals surface area contributed by atoms with E-state index in [-0.39, 0.29) is 0 Å². The summed E-state index contributed by atoms with van der Waals surface area (Å²) in [6.07, 6.45) is 0. The van der Waals surface area contributed by atoms with Crippen molar-refractivity contribution >= 4 is 40.8 Å². The molecule has 0 aliphatic carbocycles. The number of hydrogen-bond donors (Lipinski definition) is 1.